The molecule has 0 bridgehead atoms. The van der Waals surface area contributed by atoms with Crippen molar-refractivity contribution in [2.45, 2.75) is 76.0 Å². The standard InChI is InChI=1S/C20H31F5OS/c1-2-3-4-5-6-7-17-8-10-18(11-9-17)16-26-19-12-14-20(15-13-19)27(21,22,23,24)25/h12-15,17-18H,2-11,16H2,1H3. The van der Waals surface area contributed by atoms with Crippen LogP contribution in [0.4, 0.5) is 19.4 Å². The molecule has 0 heterocycles. The summed E-state index contributed by atoms with van der Waals surface area (Å²) < 4.78 is 69.0. The Hall–Kier alpha value is -0.980. The van der Waals surface area contributed by atoms with Gasteiger partial charge in [-0.15, -0.1) is 0 Å². The normalized spacial score (nSPS) is 23.5. The largest absolute Gasteiger partial charge is 0.493 e. The van der Waals surface area contributed by atoms with Gasteiger partial charge in [0.15, 0.2) is 0 Å². The molecule has 0 saturated heterocycles. The number of rotatable bonds is 10. The maximum atomic E-state index is 12.7. The lowest BCUT2D eigenvalue weighted by Gasteiger charge is -2.40. The highest BCUT2D eigenvalue weighted by atomic mass is 32.5. The van der Waals surface area contributed by atoms with Crippen LogP contribution in [-0.4, -0.2) is 6.61 Å². The fourth-order valence-corrected chi connectivity index (χ4v) is 4.38. The first-order valence-electron chi connectivity index (χ1n) is 9.95. The Balaban J connectivity index is 1.70. The molecule has 0 atom stereocenters. The lowest BCUT2D eigenvalue weighted by atomic mass is 9.80. The molecule has 0 N–H and O–H groups in total. The molecule has 1 aromatic carbocycles. The molecule has 1 nitrogen and oxygen atoms in total. The van der Waals surface area contributed by atoms with E-state index in [-0.39, 0.29) is 5.75 Å². The molecular formula is C20H31F5OS. The van der Waals surface area contributed by atoms with Crippen LogP contribution < -0.4 is 4.74 Å². The molecular weight excluding hydrogens is 383 g/mol. The van der Waals surface area contributed by atoms with Gasteiger partial charge in [0, 0.05) is 0 Å². The first-order valence-corrected chi connectivity index (χ1v) is 11.9. The van der Waals surface area contributed by atoms with Gasteiger partial charge in [0.1, 0.15) is 10.6 Å². The lowest BCUT2D eigenvalue weighted by molar-refractivity contribution is 0.177. The summed E-state index contributed by atoms with van der Waals surface area (Å²) in [6, 6.07) is 2.78. The first kappa shape index (κ1) is 22.3. The smallest absolute Gasteiger partial charge is 0.310 e. The van der Waals surface area contributed by atoms with Gasteiger partial charge in [0.05, 0.1) is 6.61 Å². The average molecular weight is 415 g/mol. The number of hydrogen-bond acceptors (Lipinski definition) is 1. The van der Waals surface area contributed by atoms with Gasteiger partial charge in [-0.2, -0.15) is 0 Å². The molecule has 0 aromatic heterocycles. The van der Waals surface area contributed by atoms with Crippen LogP contribution in [0.25, 0.3) is 0 Å². The number of benzene rings is 1. The predicted octanol–water partition coefficient (Wildman–Crippen LogP) is 8.89. The molecule has 0 unspecified atom stereocenters. The highest BCUT2D eigenvalue weighted by Crippen LogP contribution is 3.02. The first-order chi connectivity index (χ1) is 12.5. The molecule has 1 aromatic rings. The minimum Gasteiger partial charge on any atom is -0.493 e. The van der Waals surface area contributed by atoms with E-state index in [4.69, 9.17) is 4.74 Å². The van der Waals surface area contributed by atoms with E-state index < -0.39 is 15.1 Å². The van der Waals surface area contributed by atoms with Crippen molar-refractivity contribution in [2.75, 3.05) is 6.61 Å². The molecule has 7 heteroatoms. The third-order valence-electron chi connectivity index (χ3n) is 5.44. The van der Waals surface area contributed by atoms with Gasteiger partial charge in [-0.05, 0) is 48.9 Å². The Labute approximate surface area is 159 Å². The summed E-state index contributed by atoms with van der Waals surface area (Å²) in [6.07, 6.45) is 12.2. The summed E-state index contributed by atoms with van der Waals surface area (Å²) in [4.78, 5) is -1.87. The summed E-state index contributed by atoms with van der Waals surface area (Å²) in [5.74, 6) is 1.37. The van der Waals surface area contributed by atoms with Gasteiger partial charge in [0.2, 0.25) is 0 Å². The summed E-state index contributed by atoms with van der Waals surface area (Å²) in [5, 5.41) is 0. The van der Waals surface area contributed by atoms with Crippen molar-refractivity contribution in [3.8, 4) is 5.75 Å². The van der Waals surface area contributed by atoms with Gasteiger partial charge in [-0.25, -0.2) is 0 Å². The second-order valence-corrected chi connectivity index (χ2v) is 10.3. The van der Waals surface area contributed by atoms with E-state index in [0.29, 0.717) is 24.7 Å². The zero-order chi connectivity index (χ0) is 20.0. The second kappa shape index (κ2) is 8.18. The van der Waals surface area contributed by atoms with Crippen molar-refractivity contribution in [2.24, 2.45) is 11.8 Å². The zero-order valence-corrected chi connectivity index (χ0v) is 16.8. The molecule has 0 spiro atoms. The molecule has 1 fully saturated rings. The van der Waals surface area contributed by atoms with Crippen molar-refractivity contribution >= 4 is 10.2 Å². The molecule has 27 heavy (non-hydrogen) atoms. The maximum absolute atomic E-state index is 12.7. The fraction of sp³-hybridized carbons (Fsp3) is 0.700. The van der Waals surface area contributed by atoms with E-state index in [2.05, 4.69) is 6.92 Å². The summed E-state index contributed by atoms with van der Waals surface area (Å²) in [5.41, 5.74) is 0. The van der Waals surface area contributed by atoms with Crippen LogP contribution in [-0.2, 0) is 0 Å². The molecule has 1 saturated carbocycles. The Bertz CT molecular complexity index is 576. The molecule has 0 radical (unpaired) electrons. The van der Waals surface area contributed by atoms with E-state index >= 15 is 0 Å². The number of ether oxygens (including phenoxy) is 1. The van der Waals surface area contributed by atoms with Gasteiger partial charge < -0.3 is 4.74 Å². The molecule has 0 aliphatic heterocycles. The van der Waals surface area contributed by atoms with Crippen molar-refractivity contribution in [3.05, 3.63) is 24.3 Å². The van der Waals surface area contributed by atoms with Crippen LogP contribution >= 0.6 is 10.2 Å². The Morgan fingerprint density at radius 3 is 1.93 bits per heavy atom. The van der Waals surface area contributed by atoms with Crippen LogP contribution in [0.2, 0.25) is 0 Å². The Morgan fingerprint density at radius 2 is 1.37 bits per heavy atom. The van der Waals surface area contributed by atoms with Crippen LogP contribution in [0.15, 0.2) is 29.2 Å². The minimum absolute atomic E-state index is 0.207. The number of hydrogen-bond donors (Lipinski definition) is 0. The van der Waals surface area contributed by atoms with E-state index in [1.807, 2.05) is 0 Å². The molecule has 0 amide bonds. The summed E-state index contributed by atoms with van der Waals surface area (Å²) in [6.45, 7) is 2.64. The van der Waals surface area contributed by atoms with E-state index in [9.17, 15) is 19.4 Å². The van der Waals surface area contributed by atoms with Crippen LogP contribution in [0.5, 0.6) is 5.75 Å². The zero-order valence-electron chi connectivity index (χ0n) is 15.9. The quantitative estimate of drug-likeness (QED) is 0.274. The highest BCUT2D eigenvalue weighted by molar-refractivity contribution is 8.45. The van der Waals surface area contributed by atoms with Crippen LogP contribution in [0.1, 0.15) is 71.1 Å². The maximum Gasteiger partial charge on any atom is 0.310 e. The Morgan fingerprint density at radius 1 is 0.815 bits per heavy atom. The number of unbranched alkanes of at least 4 members (excludes halogenated alkanes) is 4. The molecule has 1 aliphatic rings. The third-order valence-corrected chi connectivity index (χ3v) is 6.60. The summed E-state index contributed by atoms with van der Waals surface area (Å²) in [7, 11) is -9.60. The van der Waals surface area contributed by atoms with Gasteiger partial charge in [-0.1, -0.05) is 77.7 Å². The van der Waals surface area contributed by atoms with Gasteiger partial charge in [-0.3, -0.25) is 0 Å². The topological polar surface area (TPSA) is 9.23 Å². The van der Waals surface area contributed by atoms with Crippen molar-refractivity contribution < 1.29 is 24.2 Å². The summed E-state index contributed by atoms with van der Waals surface area (Å²) >= 11 is 0. The third kappa shape index (κ3) is 7.88. The number of halogens is 5. The SMILES string of the molecule is CCCCCCCC1CCC(COc2ccc(S(F)(F)(F)(F)F)cc2)CC1. The molecule has 158 valence electrons. The minimum atomic E-state index is -9.60. The van der Waals surface area contributed by atoms with E-state index in [1.165, 1.54) is 51.4 Å². The van der Waals surface area contributed by atoms with E-state index in [1.54, 1.807) is 0 Å². The molecule has 2 rings (SSSR count). The van der Waals surface area contributed by atoms with Crippen LogP contribution in [0, 0.1) is 11.8 Å². The molecule has 1 aliphatic carbocycles. The second-order valence-electron chi connectivity index (χ2n) is 7.84. The van der Waals surface area contributed by atoms with Crippen molar-refractivity contribution in [3.63, 3.8) is 0 Å². The van der Waals surface area contributed by atoms with Crippen molar-refractivity contribution in [1.29, 1.82) is 0 Å². The van der Waals surface area contributed by atoms with Gasteiger partial charge >= 0.3 is 10.2 Å². The highest BCUT2D eigenvalue weighted by Gasteiger charge is 2.65. The van der Waals surface area contributed by atoms with E-state index in [0.717, 1.165) is 30.9 Å². The van der Waals surface area contributed by atoms with Crippen LogP contribution in [0.3, 0.4) is 0 Å². The average Bonchev–Trinajstić information content (AvgIpc) is 2.59. The van der Waals surface area contributed by atoms with Crippen molar-refractivity contribution in [1.82, 2.24) is 0 Å². The Kier molecular flexibility index (Phi) is 6.76. The monoisotopic (exact) mass is 414 g/mol. The fourth-order valence-electron chi connectivity index (χ4n) is 3.73. The predicted molar refractivity (Wildman–Crippen MR) is 102 cm³/mol. The lowest BCUT2D eigenvalue weighted by Crippen LogP contribution is -2.20. The van der Waals surface area contributed by atoms with Gasteiger partial charge in [0.25, 0.3) is 0 Å².